The van der Waals surface area contributed by atoms with E-state index < -0.39 is 18.0 Å². The summed E-state index contributed by atoms with van der Waals surface area (Å²) in [5.41, 5.74) is 0. The molecule has 1 heterocycles. The maximum Gasteiger partial charge on any atom is 0.170 e. The zero-order valence-corrected chi connectivity index (χ0v) is 65.0. The number of carbonyl (C=O) groups is 3. The Kier molecular flexibility index (Phi) is 79.6. The van der Waals surface area contributed by atoms with E-state index in [1.165, 1.54) is 258 Å². The largest absolute Gasteiger partial charge is 0.336 e. The molecule has 0 radical (unpaired) electrons. The van der Waals surface area contributed by atoms with E-state index in [0.717, 1.165) is 89.9 Å². The molecular weight excluding hydrogens is 1420 g/mol. The van der Waals surface area contributed by atoms with Gasteiger partial charge in [-0.05, 0) is 168 Å². The second-order valence-corrected chi connectivity index (χ2v) is 25.1. The van der Waals surface area contributed by atoms with E-state index >= 15 is 0 Å². The van der Waals surface area contributed by atoms with Crippen LogP contribution in [0.25, 0.3) is 0 Å². The number of hydrogen-bond acceptors (Lipinski definition) is 5. The Labute approximate surface area is 587 Å². The normalized spacial score (nSPS) is 15.0. The Morgan fingerprint density at radius 3 is 0.705 bits per heavy atom. The molecule has 1 aliphatic rings. The maximum atomic E-state index is 12.3. The van der Waals surface area contributed by atoms with Gasteiger partial charge in [0.25, 0.3) is 0 Å². The zero-order chi connectivity index (χ0) is 63.9. The molecule has 1 aliphatic heterocycles. The highest BCUT2D eigenvalue weighted by atomic mass is 128. The molecule has 0 aliphatic carbocycles. The SMILES string of the molecule is CCCCC/C=C\C/C=C\CCCCCCCCC(=O)CCCCCCCC/C=C\C/C=C\CCCCC.CCCCC/C=C\C/C=C\CCCCCCCCC1(CCCCCCCC/C=C\C/C=C\CCCCC)OC(C(C)=O)C(C(C)=O)O1.I.II. The van der Waals surface area contributed by atoms with Gasteiger partial charge in [-0.3, -0.25) is 14.4 Å². The summed E-state index contributed by atoms with van der Waals surface area (Å²) in [5, 5.41) is 0. The van der Waals surface area contributed by atoms with Gasteiger partial charge in [-0.25, -0.2) is 0 Å². The van der Waals surface area contributed by atoms with Crippen LogP contribution in [-0.4, -0.2) is 35.3 Å². The summed E-state index contributed by atoms with van der Waals surface area (Å²) in [4.78, 5) is 36.8. The van der Waals surface area contributed by atoms with Gasteiger partial charge in [0.2, 0.25) is 0 Å². The van der Waals surface area contributed by atoms with Gasteiger partial charge >= 0.3 is 0 Å². The molecule has 88 heavy (non-hydrogen) atoms. The Balaban J connectivity index is -0.00000161. The fourth-order valence-electron chi connectivity index (χ4n) is 11.1. The van der Waals surface area contributed by atoms with Crippen LogP contribution in [0.15, 0.2) is 97.2 Å². The number of Topliss-reactive ketones (excluding diaryl/α,β-unsaturated/α-hetero) is 3. The molecule has 0 aromatic rings. The fraction of sp³-hybridized carbons (Fsp3) is 0.762. The predicted octanol–water partition coefficient (Wildman–Crippen LogP) is 28.4. The molecule has 5 nitrogen and oxygen atoms in total. The van der Waals surface area contributed by atoms with Gasteiger partial charge in [0.05, 0.1) is 0 Å². The van der Waals surface area contributed by atoms with Crippen LogP contribution in [0.1, 0.15) is 375 Å². The lowest BCUT2D eigenvalue weighted by Crippen LogP contribution is -2.34. The number of allylic oxidation sites excluding steroid dienone is 16. The first kappa shape index (κ1) is 91.2. The summed E-state index contributed by atoms with van der Waals surface area (Å²) in [6.45, 7) is 12.0. The highest BCUT2D eigenvalue weighted by Gasteiger charge is 2.50. The molecule has 0 N–H and O–H groups in total. The first-order valence-electron chi connectivity index (χ1n) is 37.0. The lowest BCUT2D eigenvalue weighted by atomic mass is 9.98. The monoisotopic (exact) mass is 1560 g/mol. The Morgan fingerprint density at radius 2 is 0.489 bits per heavy atom. The third-order valence-electron chi connectivity index (χ3n) is 16.6. The Bertz CT molecular complexity index is 1600. The van der Waals surface area contributed by atoms with Crippen molar-refractivity contribution in [3.63, 3.8) is 0 Å². The lowest BCUT2D eigenvalue weighted by Gasteiger charge is -2.28. The van der Waals surface area contributed by atoms with E-state index in [0.29, 0.717) is 5.78 Å². The summed E-state index contributed by atoms with van der Waals surface area (Å²) < 4.78 is 12.6. The minimum atomic E-state index is -0.794. The van der Waals surface area contributed by atoms with Crippen LogP contribution in [-0.2, 0) is 23.9 Å². The van der Waals surface area contributed by atoms with Crippen molar-refractivity contribution >= 4 is 78.6 Å². The summed E-state index contributed by atoms with van der Waals surface area (Å²) >= 11 is 4.24. The van der Waals surface area contributed by atoms with Crippen molar-refractivity contribution in [3.8, 4) is 0 Å². The molecule has 1 saturated heterocycles. The van der Waals surface area contributed by atoms with Crippen molar-refractivity contribution in [2.75, 3.05) is 0 Å². The molecule has 8 heteroatoms. The van der Waals surface area contributed by atoms with Gasteiger partial charge in [0.1, 0.15) is 5.78 Å². The zero-order valence-electron chi connectivity index (χ0n) is 58.4. The highest BCUT2D eigenvalue weighted by molar-refractivity contribution is 15.0. The Hall–Kier alpha value is -0.960. The molecule has 2 atom stereocenters. The van der Waals surface area contributed by atoms with E-state index in [-0.39, 0.29) is 35.5 Å². The summed E-state index contributed by atoms with van der Waals surface area (Å²) in [7, 11) is 0. The number of rotatable bonds is 62. The topological polar surface area (TPSA) is 69.7 Å². The van der Waals surface area contributed by atoms with Crippen molar-refractivity contribution in [3.05, 3.63) is 97.2 Å². The van der Waals surface area contributed by atoms with E-state index in [4.69, 9.17) is 9.47 Å². The number of ketones is 3. The second kappa shape index (κ2) is 76.7. The molecule has 0 saturated carbocycles. The molecule has 0 aromatic heterocycles. The standard InChI is InChI=1S/C43H74O4.C37H66O.I2.HI/c1-5-7-9-11-13-15-17-19-21-23-25-27-29-31-33-35-37-43(46-41(39(3)44)42(47-43)40(4)45)38-36-34-32-30-28-26-24-22-20-18-16-14-12-10-8-6-2;1-3-5-7-9-11-13-15-17-19-21-23-25-27-29-31-33-35-37(38)36-34-32-30-28-26-24-22-20-18-16-14-12-10-8-6-4-2;1-2;/h13-16,19-22,41-42H,5-12,17-18,23-38H2,1-4H3;11-14,17-20H,3-10,15-16,21-36H2,1-2H3;;1H/b15-13-,16-14-,21-19-,22-20-;13-11-,14-12-,19-17-,20-18-;;. The predicted molar refractivity (Wildman–Crippen MR) is 418 cm³/mol. The maximum absolute atomic E-state index is 12.3. The third-order valence-corrected chi connectivity index (χ3v) is 16.6. The molecule has 512 valence electrons. The number of hydrogen-bond donors (Lipinski definition) is 0. The smallest absolute Gasteiger partial charge is 0.170 e. The van der Waals surface area contributed by atoms with Crippen molar-refractivity contribution in [2.24, 2.45) is 0 Å². The minimum absolute atomic E-state index is 0. The van der Waals surface area contributed by atoms with E-state index in [2.05, 4.69) is 162 Å². The van der Waals surface area contributed by atoms with Crippen LogP contribution in [0.2, 0.25) is 0 Å². The van der Waals surface area contributed by atoms with Crippen molar-refractivity contribution < 1.29 is 23.9 Å². The van der Waals surface area contributed by atoms with Crippen molar-refractivity contribution in [2.45, 2.75) is 393 Å². The molecule has 1 fully saturated rings. The summed E-state index contributed by atoms with van der Waals surface area (Å²) in [6, 6.07) is 0. The number of ether oxygens (including phenoxy) is 2. The van der Waals surface area contributed by atoms with Crippen LogP contribution >= 0.6 is 61.2 Å². The van der Waals surface area contributed by atoms with Gasteiger partial charge in [-0.1, -0.05) is 279 Å². The summed E-state index contributed by atoms with van der Waals surface area (Å²) in [6.07, 6.45) is 98.0. The molecule has 0 amide bonds. The molecule has 0 aromatic carbocycles. The quantitative estimate of drug-likeness (QED) is 0.0345. The minimum Gasteiger partial charge on any atom is -0.336 e. The molecule has 0 bridgehead atoms. The first-order chi connectivity index (χ1) is 42.8. The van der Waals surface area contributed by atoms with Crippen LogP contribution in [0.4, 0.5) is 0 Å². The Morgan fingerprint density at radius 1 is 0.295 bits per heavy atom. The van der Waals surface area contributed by atoms with Gasteiger partial charge in [-0.15, -0.1) is 24.0 Å². The van der Waals surface area contributed by atoms with Crippen LogP contribution in [0.3, 0.4) is 0 Å². The van der Waals surface area contributed by atoms with Gasteiger partial charge in [0, 0.05) is 62.9 Å². The molecule has 1 rings (SSSR count). The lowest BCUT2D eigenvalue weighted by molar-refractivity contribution is -0.188. The first-order valence-corrected chi connectivity index (χ1v) is 43.3. The number of unbranched alkanes of at least 4 members (excludes halogenated alkanes) is 36. The average Bonchev–Trinajstić information content (AvgIpc) is 1.74. The van der Waals surface area contributed by atoms with Gasteiger partial charge in [0.15, 0.2) is 29.6 Å². The van der Waals surface area contributed by atoms with Crippen molar-refractivity contribution in [1.82, 2.24) is 0 Å². The van der Waals surface area contributed by atoms with Crippen LogP contribution in [0, 0.1) is 0 Å². The molecular formula is C80H141I3O5. The molecule has 0 spiro atoms. The second-order valence-electron chi connectivity index (χ2n) is 25.1. The van der Waals surface area contributed by atoms with Crippen molar-refractivity contribution in [1.29, 1.82) is 0 Å². The van der Waals surface area contributed by atoms with E-state index in [9.17, 15) is 14.4 Å². The highest BCUT2D eigenvalue weighted by Crippen LogP contribution is 2.39. The van der Waals surface area contributed by atoms with Crippen LogP contribution in [0.5, 0.6) is 0 Å². The van der Waals surface area contributed by atoms with Gasteiger partial charge < -0.3 is 9.47 Å². The number of halogens is 3. The average molecular weight is 1560 g/mol. The van der Waals surface area contributed by atoms with Crippen LogP contribution < -0.4 is 0 Å². The fourth-order valence-corrected chi connectivity index (χ4v) is 11.1. The van der Waals surface area contributed by atoms with E-state index in [1.807, 2.05) is 0 Å². The number of carbonyl (C=O) groups excluding carboxylic acids is 3. The third kappa shape index (κ3) is 66.5. The van der Waals surface area contributed by atoms with E-state index in [1.54, 1.807) is 0 Å². The molecule has 2 unspecified atom stereocenters. The summed E-state index contributed by atoms with van der Waals surface area (Å²) in [5.74, 6) is -0.515. The van der Waals surface area contributed by atoms with Gasteiger partial charge in [-0.2, -0.15) is 0 Å².